The van der Waals surface area contributed by atoms with Crippen molar-refractivity contribution in [3.05, 3.63) is 53.9 Å². The quantitative estimate of drug-likeness (QED) is 0.775. The van der Waals surface area contributed by atoms with E-state index in [0.29, 0.717) is 5.92 Å². The summed E-state index contributed by atoms with van der Waals surface area (Å²) >= 11 is 0. The van der Waals surface area contributed by atoms with E-state index >= 15 is 0 Å². The molecule has 3 nitrogen and oxygen atoms in total. The molecule has 0 aliphatic carbocycles. The molecule has 0 saturated carbocycles. The van der Waals surface area contributed by atoms with Crippen molar-refractivity contribution >= 4 is 0 Å². The van der Waals surface area contributed by atoms with E-state index in [4.69, 9.17) is 4.52 Å². The van der Waals surface area contributed by atoms with Crippen molar-refractivity contribution in [1.82, 2.24) is 10.5 Å². The van der Waals surface area contributed by atoms with E-state index < -0.39 is 0 Å². The van der Waals surface area contributed by atoms with Crippen LogP contribution in [0.5, 0.6) is 0 Å². The monoisotopic (exact) mass is 230 g/mol. The third-order valence-corrected chi connectivity index (χ3v) is 2.91. The molecule has 0 saturated heterocycles. The van der Waals surface area contributed by atoms with Gasteiger partial charge in [-0.2, -0.15) is 0 Å². The summed E-state index contributed by atoms with van der Waals surface area (Å²) < 4.78 is 5.01. The van der Waals surface area contributed by atoms with Gasteiger partial charge in [-0.3, -0.25) is 0 Å². The van der Waals surface area contributed by atoms with Crippen LogP contribution in [0, 0.1) is 0 Å². The number of nitrogens with one attached hydrogen (secondary N) is 1. The van der Waals surface area contributed by atoms with Crippen molar-refractivity contribution in [2.75, 3.05) is 6.54 Å². The molecule has 0 aliphatic rings. The van der Waals surface area contributed by atoms with Gasteiger partial charge in [-0.25, -0.2) is 0 Å². The summed E-state index contributed by atoms with van der Waals surface area (Å²) in [6, 6.07) is 12.5. The number of hydrogen-bond donors (Lipinski definition) is 1. The van der Waals surface area contributed by atoms with Crippen LogP contribution in [0.2, 0.25) is 0 Å². The molecule has 0 fully saturated rings. The normalized spacial score (nSPS) is 12.5. The maximum atomic E-state index is 5.01. The van der Waals surface area contributed by atoms with Crippen LogP contribution in [0.25, 0.3) is 0 Å². The standard InChI is InChI=1S/C14H18N2O/c1-12(13-5-3-2-4-6-13)7-9-15-11-14-8-10-16-17-14/h2-6,8,10,12,15H,7,9,11H2,1H3. The molecule has 0 spiro atoms. The number of aromatic nitrogens is 1. The molecule has 2 aromatic rings. The van der Waals surface area contributed by atoms with E-state index in [9.17, 15) is 0 Å². The lowest BCUT2D eigenvalue weighted by molar-refractivity contribution is 0.372. The molecular weight excluding hydrogens is 212 g/mol. The van der Waals surface area contributed by atoms with Crippen LogP contribution in [0.3, 0.4) is 0 Å². The Morgan fingerprint density at radius 3 is 2.76 bits per heavy atom. The molecule has 17 heavy (non-hydrogen) atoms. The highest BCUT2D eigenvalue weighted by molar-refractivity contribution is 5.18. The van der Waals surface area contributed by atoms with Crippen molar-refractivity contribution in [2.24, 2.45) is 0 Å². The van der Waals surface area contributed by atoms with Crippen LogP contribution in [0.4, 0.5) is 0 Å². The van der Waals surface area contributed by atoms with Gasteiger partial charge in [0.05, 0.1) is 12.7 Å². The zero-order valence-electron chi connectivity index (χ0n) is 10.1. The maximum absolute atomic E-state index is 5.01. The molecule has 1 unspecified atom stereocenters. The Morgan fingerprint density at radius 2 is 2.06 bits per heavy atom. The zero-order chi connectivity index (χ0) is 11.9. The third kappa shape index (κ3) is 3.71. The van der Waals surface area contributed by atoms with Gasteiger partial charge in [0.1, 0.15) is 5.76 Å². The first-order valence-electron chi connectivity index (χ1n) is 6.01. The van der Waals surface area contributed by atoms with E-state index in [0.717, 1.165) is 25.3 Å². The SMILES string of the molecule is CC(CCNCc1ccno1)c1ccccc1. The second-order valence-electron chi connectivity index (χ2n) is 4.26. The van der Waals surface area contributed by atoms with Crippen LogP contribution in [0.15, 0.2) is 47.1 Å². The van der Waals surface area contributed by atoms with Gasteiger partial charge in [-0.05, 0) is 24.4 Å². The highest BCUT2D eigenvalue weighted by Gasteiger charge is 2.04. The molecular formula is C14H18N2O. The minimum atomic E-state index is 0.582. The van der Waals surface area contributed by atoms with Gasteiger partial charge in [0.15, 0.2) is 0 Å². The van der Waals surface area contributed by atoms with Crippen molar-refractivity contribution in [3.8, 4) is 0 Å². The predicted molar refractivity (Wildman–Crippen MR) is 67.7 cm³/mol. The first kappa shape index (κ1) is 11.9. The van der Waals surface area contributed by atoms with E-state index in [1.54, 1.807) is 6.20 Å². The minimum Gasteiger partial charge on any atom is -0.360 e. The lowest BCUT2D eigenvalue weighted by atomic mass is 9.98. The molecule has 0 aliphatic heterocycles. The average Bonchev–Trinajstić information content (AvgIpc) is 2.88. The van der Waals surface area contributed by atoms with E-state index in [-0.39, 0.29) is 0 Å². The second kappa shape index (κ2) is 6.21. The van der Waals surface area contributed by atoms with Gasteiger partial charge in [0.25, 0.3) is 0 Å². The Hall–Kier alpha value is -1.61. The molecule has 1 N–H and O–H groups in total. The van der Waals surface area contributed by atoms with E-state index in [2.05, 4.69) is 47.7 Å². The molecule has 3 heteroatoms. The maximum Gasteiger partial charge on any atom is 0.150 e. The summed E-state index contributed by atoms with van der Waals surface area (Å²) in [5.74, 6) is 1.47. The largest absolute Gasteiger partial charge is 0.360 e. The summed E-state index contributed by atoms with van der Waals surface area (Å²) in [7, 11) is 0. The van der Waals surface area contributed by atoms with Crippen molar-refractivity contribution < 1.29 is 4.52 Å². The summed E-state index contributed by atoms with van der Waals surface area (Å²) in [5.41, 5.74) is 1.40. The second-order valence-corrected chi connectivity index (χ2v) is 4.26. The topological polar surface area (TPSA) is 38.1 Å². The molecule has 2 rings (SSSR count). The summed E-state index contributed by atoms with van der Waals surface area (Å²) in [6.07, 6.45) is 2.79. The molecule has 0 radical (unpaired) electrons. The molecule has 0 bridgehead atoms. The Bertz CT molecular complexity index is 411. The van der Waals surface area contributed by atoms with Gasteiger partial charge in [-0.15, -0.1) is 0 Å². The smallest absolute Gasteiger partial charge is 0.150 e. The minimum absolute atomic E-state index is 0.582. The van der Waals surface area contributed by atoms with Gasteiger partial charge >= 0.3 is 0 Å². The van der Waals surface area contributed by atoms with Gasteiger partial charge in [0, 0.05) is 6.07 Å². The predicted octanol–water partition coefficient (Wildman–Crippen LogP) is 2.96. The van der Waals surface area contributed by atoms with Crippen molar-refractivity contribution in [2.45, 2.75) is 25.8 Å². The zero-order valence-corrected chi connectivity index (χ0v) is 10.1. The van der Waals surface area contributed by atoms with Gasteiger partial charge in [-0.1, -0.05) is 42.4 Å². The fourth-order valence-electron chi connectivity index (χ4n) is 1.81. The number of hydrogen-bond acceptors (Lipinski definition) is 3. The van der Waals surface area contributed by atoms with E-state index in [1.165, 1.54) is 5.56 Å². The Labute approximate surface area is 102 Å². The third-order valence-electron chi connectivity index (χ3n) is 2.91. The highest BCUT2D eigenvalue weighted by atomic mass is 16.5. The Morgan fingerprint density at radius 1 is 1.24 bits per heavy atom. The average molecular weight is 230 g/mol. The number of rotatable bonds is 6. The lowest BCUT2D eigenvalue weighted by Gasteiger charge is -2.11. The summed E-state index contributed by atoms with van der Waals surface area (Å²) in [6.45, 7) is 3.99. The Kier molecular flexibility index (Phi) is 4.33. The number of benzene rings is 1. The van der Waals surface area contributed by atoms with Crippen LogP contribution in [0.1, 0.15) is 30.6 Å². The van der Waals surface area contributed by atoms with Crippen LogP contribution in [-0.2, 0) is 6.54 Å². The summed E-state index contributed by atoms with van der Waals surface area (Å²) in [5, 5.41) is 7.02. The Balaban J connectivity index is 1.68. The summed E-state index contributed by atoms with van der Waals surface area (Å²) in [4.78, 5) is 0. The van der Waals surface area contributed by atoms with Crippen LogP contribution < -0.4 is 5.32 Å². The van der Waals surface area contributed by atoms with Gasteiger partial charge < -0.3 is 9.84 Å². The molecule has 1 heterocycles. The molecule has 90 valence electrons. The van der Waals surface area contributed by atoms with Crippen molar-refractivity contribution in [1.29, 1.82) is 0 Å². The molecule has 1 aromatic carbocycles. The fraction of sp³-hybridized carbons (Fsp3) is 0.357. The van der Waals surface area contributed by atoms with E-state index in [1.807, 2.05) is 6.07 Å². The molecule has 1 atom stereocenters. The number of nitrogens with zero attached hydrogens (tertiary/aromatic N) is 1. The van der Waals surface area contributed by atoms with Crippen LogP contribution in [-0.4, -0.2) is 11.7 Å². The first-order chi connectivity index (χ1) is 8.36. The molecule has 0 amide bonds. The van der Waals surface area contributed by atoms with Crippen LogP contribution >= 0.6 is 0 Å². The fourth-order valence-corrected chi connectivity index (χ4v) is 1.81. The van der Waals surface area contributed by atoms with Crippen molar-refractivity contribution in [3.63, 3.8) is 0 Å². The molecule has 1 aromatic heterocycles. The first-order valence-corrected chi connectivity index (χ1v) is 6.01. The van der Waals surface area contributed by atoms with Gasteiger partial charge in [0.2, 0.25) is 0 Å². The highest BCUT2D eigenvalue weighted by Crippen LogP contribution is 2.17. The lowest BCUT2D eigenvalue weighted by Crippen LogP contribution is -2.16.